The average molecular weight is 323 g/mol. The lowest BCUT2D eigenvalue weighted by molar-refractivity contribution is -0.144. The molecular formula is C16H12ClFO4. The third-order valence-corrected chi connectivity index (χ3v) is 2.93. The number of carbonyl (C=O) groups excluding carboxylic acids is 2. The van der Waals surface area contributed by atoms with Gasteiger partial charge in [0, 0.05) is 10.6 Å². The van der Waals surface area contributed by atoms with Crippen LogP contribution in [0.2, 0.25) is 5.02 Å². The van der Waals surface area contributed by atoms with Gasteiger partial charge in [-0.05, 0) is 24.3 Å². The molecule has 0 N–H and O–H groups in total. The van der Waals surface area contributed by atoms with E-state index in [0.717, 1.165) is 0 Å². The molecule has 2 aromatic rings. The molecule has 2 aromatic carbocycles. The van der Waals surface area contributed by atoms with Gasteiger partial charge in [0.15, 0.2) is 30.6 Å². The van der Waals surface area contributed by atoms with Crippen molar-refractivity contribution in [1.82, 2.24) is 0 Å². The lowest BCUT2D eigenvalue weighted by Gasteiger charge is -2.07. The number of benzene rings is 2. The lowest BCUT2D eigenvalue weighted by atomic mass is 10.1. The molecule has 4 nitrogen and oxygen atoms in total. The molecule has 0 saturated carbocycles. The van der Waals surface area contributed by atoms with E-state index in [9.17, 15) is 14.0 Å². The Bertz CT molecular complexity index is 687. The molecule has 0 aliphatic carbocycles. The Kier molecular flexibility index (Phi) is 5.49. The highest BCUT2D eigenvalue weighted by atomic mass is 35.5. The van der Waals surface area contributed by atoms with Crippen LogP contribution in [0, 0.1) is 5.82 Å². The van der Waals surface area contributed by atoms with Crippen LogP contribution in [0.3, 0.4) is 0 Å². The fourth-order valence-electron chi connectivity index (χ4n) is 1.63. The minimum atomic E-state index is -0.765. The average Bonchev–Trinajstić information content (AvgIpc) is 2.52. The Hall–Kier alpha value is -2.40. The second-order valence-electron chi connectivity index (χ2n) is 4.31. The van der Waals surface area contributed by atoms with Crippen molar-refractivity contribution in [2.75, 3.05) is 13.2 Å². The second-order valence-corrected chi connectivity index (χ2v) is 4.75. The SMILES string of the molecule is O=C(COc1ccccc1F)OCC(=O)c1cccc(Cl)c1. The van der Waals surface area contributed by atoms with Gasteiger partial charge in [0.05, 0.1) is 0 Å². The zero-order chi connectivity index (χ0) is 15.9. The molecule has 0 heterocycles. The van der Waals surface area contributed by atoms with E-state index in [1.54, 1.807) is 24.3 Å². The Labute approximate surface area is 131 Å². The summed E-state index contributed by atoms with van der Waals surface area (Å²) in [6.45, 7) is -0.913. The molecule has 0 radical (unpaired) electrons. The summed E-state index contributed by atoms with van der Waals surface area (Å²) in [7, 11) is 0. The molecule has 0 amide bonds. The molecule has 0 aliphatic rings. The number of halogens is 2. The van der Waals surface area contributed by atoms with Crippen LogP contribution in [-0.2, 0) is 9.53 Å². The van der Waals surface area contributed by atoms with Crippen molar-refractivity contribution in [2.24, 2.45) is 0 Å². The number of esters is 1. The normalized spacial score (nSPS) is 10.1. The number of hydrogen-bond donors (Lipinski definition) is 0. The third kappa shape index (κ3) is 4.56. The Morgan fingerprint density at radius 2 is 1.82 bits per heavy atom. The zero-order valence-electron chi connectivity index (χ0n) is 11.4. The molecule has 0 bridgehead atoms. The van der Waals surface area contributed by atoms with Gasteiger partial charge in [0.2, 0.25) is 0 Å². The van der Waals surface area contributed by atoms with Crippen LogP contribution in [0.1, 0.15) is 10.4 Å². The van der Waals surface area contributed by atoms with Gasteiger partial charge in [-0.1, -0.05) is 35.9 Å². The van der Waals surface area contributed by atoms with Crippen molar-refractivity contribution >= 4 is 23.4 Å². The highest BCUT2D eigenvalue weighted by molar-refractivity contribution is 6.31. The molecule has 0 aliphatic heterocycles. The van der Waals surface area contributed by atoms with Crippen LogP contribution in [-0.4, -0.2) is 25.0 Å². The van der Waals surface area contributed by atoms with Gasteiger partial charge in [0.25, 0.3) is 0 Å². The van der Waals surface area contributed by atoms with E-state index in [0.29, 0.717) is 10.6 Å². The maximum Gasteiger partial charge on any atom is 0.344 e. The number of hydrogen-bond acceptors (Lipinski definition) is 4. The molecule has 0 fully saturated rings. The first-order valence-corrected chi connectivity index (χ1v) is 6.76. The van der Waals surface area contributed by atoms with Gasteiger partial charge in [-0.25, -0.2) is 9.18 Å². The van der Waals surface area contributed by atoms with E-state index in [4.69, 9.17) is 21.1 Å². The van der Waals surface area contributed by atoms with E-state index in [1.165, 1.54) is 24.3 Å². The number of para-hydroxylation sites is 1. The summed E-state index contributed by atoms with van der Waals surface area (Å²) in [6, 6.07) is 12.0. The summed E-state index contributed by atoms with van der Waals surface area (Å²) in [5.74, 6) is -1.79. The topological polar surface area (TPSA) is 52.6 Å². The number of ketones is 1. The van der Waals surface area contributed by atoms with Crippen molar-refractivity contribution < 1.29 is 23.5 Å². The summed E-state index contributed by atoms with van der Waals surface area (Å²) in [5, 5.41) is 0.417. The molecular weight excluding hydrogens is 311 g/mol. The smallest absolute Gasteiger partial charge is 0.344 e. The van der Waals surface area contributed by atoms with Gasteiger partial charge in [-0.2, -0.15) is 0 Å². The molecule has 22 heavy (non-hydrogen) atoms. The van der Waals surface area contributed by atoms with Crippen LogP contribution in [0.15, 0.2) is 48.5 Å². The second kappa shape index (κ2) is 7.56. The van der Waals surface area contributed by atoms with E-state index in [-0.39, 0.29) is 11.5 Å². The van der Waals surface area contributed by atoms with Crippen molar-refractivity contribution in [3.63, 3.8) is 0 Å². The Balaban J connectivity index is 1.81. The van der Waals surface area contributed by atoms with Crippen LogP contribution in [0.5, 0.6) is 5.75 Å². The largest absolute Gasteiger partial charge is 0.479 e. The predicted molar refractivity (Wildman–Crippen MR) is 78.6 cm³/mol. The Morgan fingerprint density at radius 1 is 1.05 bits per heavy atom. The summed E-state index contributed by atoms with van der Waals surface area (Å²) in [6.07, 6.45) is 0. The summed E-state index contributed by atoms with van der Waals surface area (Å²) in [5.41, 5.74) is 0.343. The maximum absolute atomic E-state index is 13.3. The van der Waals surface area contributed by atoms with Crippen molar-refractivity contribution in [3.05, 3.63) is 64.9 Å². The quantitative estimate of drug-likeness (QED) is 0.605. The van der Waals surface area contributed by atoms with Gasteiger partial charge < -0.3 is 9.47 Å². The minimum Gasteiger partial charge on any atom is -0.479 e. The van der Waals surface area contributed by atoms with Gasteiger partial charge in [-0.15, -0.1) is 0 Å². The minimum absolute atomic E-state index is 0.0550. The first-order chi connectivity index (χ1) is 10.6. The summed E-state index contributed by atoms with van der Waals surface area (Å²) >= 11 is 5.77. The molecule has 0 aromatic heterocycles. The summed E-state index contributed by atoms with van der Waals surface area (Å²) < 4.78 is 23.0. The van der Waals surface area contributed by atoms with Crippen LogP contribution in [0.4, 0.5) is 4.39 Å². The highest BCUT2D eigenvalue weighted by Gasteiger charge is 2.12. The molecule has 114 valence electrons. The van der Waals surface area contributed by atoms with E-state index < -0.39 is 25.0 Å². The van der Waals surface area contributed by atoms with Crippen LogP contribution >= 0.6 is 11.6 Å². The monoisotopic (exact) mass is 322 g/mol. The van der Waals surface area contributed by atoms with Crippen LogP contribution in [0.25, 0.3) is 0 Å². The number of rotatable bonds is 6. The molecule has 0 atom stereocenters. The van der Waals surface area contributed by atoms with Crippen molar-refractivity contribution in [2.45, 2.75) is 0 Å². The van der Waals surface area contributed by atoms with E-state index in [2.05, 4.69) is 0 Å². The van der Waals surface area contributed by atoms with E-state index in [1.807, 2.05) is 0 Å². The number of Topliss-reactive ketones (excluding diaryl/α,β-unsaturated/α-hetero) is 1. The molecule has 0 spiro atoms. The van der Waals surface area contributed by atoms with Gasteiger partial charge in [0.1, 0.15) is 0 Å². The molecule has 0 unspecified atom stereocenters. The van der Waals surface area contributed by atoms with Gasteiger partial charge in [-0.3, -0.25) is 4.79 Å². The van der Waals surface area contributed by atoms with Crippen LogP contribution < -0.4 is 4.74 Å². The zero-order valence-corrected chi connectivity index (χ0v) is 12.2. The third-order valence-electron chi connectivity index (χ3n) is 2.69. The highest BCUT2D eigenvalue weighted by Crippen LogP contribution is 2.15. The first-order valence-electron chi connectivity index (χ1n) is 6.38. The first kappa shape index (κ1) is 16.0. The lowest BCUT2D eigenvalue weighted by Crippen LogP contribution is -2.19. The number of carbonyl (C=O) groups is 2. The standard InChI is InChI=1S/C16H12ClFO4/c17-12-5-3-4-11(8-12)14(19)9-22-16(20)10-21-15-7-2-1-6-13(15)18/h1-8H,9-10H2. The number of ether oxygens (including phenoxy) is 2. The molecule has 6 heteroatoms. The van der Waals surface area contributed by atoms with Crippen molar-refractivity contribution in [3.8, 4) is 5.75 Å². The van der Waals surface area contributed by atoms with E-state index >= 15 is 0 Å². The maximum atomic E-state index is 13.3. The fourth-order valence-corrected chi connectivity index (χ4v) is 1.82. The Morgan fingerprint density at radius 3 is 2.55 bits per heavy atom. The van der Waals surface area contributed by atoms with Gasteiger partial charge >= 0.3 is 5.97 Å². The fraction of sp³-hybridized carbons (Fsp3) is 0.125. The predicted octanol–water partition coefficient (Wildman–Crippen LogP) is 3.28. The van der Waals surface area contributed by atoms with Crippen molar-refractivity contribution in [1.29, 1.82) is 0 Å². The summed E-state index contributed by atoms with van der Waals surface area (Å²) in [4.78, 5) is 23.3. The molecule has 0 saturated heterocycles. The molecule has 2 rings (SSSR count).